The lowest BCUT2D eigenvalue weighted by Gasteiger charge is -2.03. The Kier molecular flexibility index (Phi) is 4.65. The fraction of sp³-hybridized carbons (Fsp3) is 0.800. The maximum Gasteiger partial charge on any atom is 0.256 e. The van der Waals surface area contributed by atoms with Gasteiger partial charge in [0.2, 0.25) is 0 Å². The van der Waals surface area contributed by atoms with E-state index < -0.39 is 0 Å². The normalized spacial score (nSPS) is 8.25. The van der Waals surface area contributed by atoms with Crippen LogP contribution in [0.4, 0.5) is 0 Å². The third-order valence-electron chi connectivity index (χ3n) is 0.597. The Hall–Kier alpha value is -0.310. The van der Waals surface area contributed by atoms with Gasteiger partial charge < -0.3 is 10.1 Å². The highest BCUT2D eigenvalue weighted by atomic mass is 32.1. The van der Waals surface area contributed by atoms with Crippen molar-refractivity contribution in [3.05, 3.63) is 0 Å². The van der Waals surface area contributed by atoms with E-state index in [1.54, 1.807) is 0 Å². The van der Waals surface area contributed by atoms with Gasteiger partial charge in [0.25, 0.3) is 5.17 Å². The summed E-state index contributed by atoms with van der Waals surface area (Å²) in [7, 11) is 0. The monoisotopic (exact) mass is 133 g/mol. The lowest BCUT2D eigenvalue weighted by Crippen LogP contribution is -2.23. The first-order chi connectivity index (χ1) is 3.81. The summed E-state index contributed by atoms with van der Waals surface area (Å²) in [5, 5.41) is 3.35. The van der Waals surface area contributed by atoms with Crippen LogP contribution in [0.15, 0.2) is 0 Å². The number of hydrogen-bond acceptors (Lipinski definition) is 2. The first-order valence-electron chi connectivity index (χ1n) is 2.71. The summed E-state index contributed by atoms with van der Waals surface area (Å²) >= 11 is 4.72. The van der Waals surface area contributed by atoms with E-state index in [4.69, 9.17) is 17.0 Å². The molecule has 0 fully saturated rings. The molecule has 2 nitrogen and oxygen atoms in total. The molecule has 0 aliphatic heterocycles. The quantitative estimate of drug-likeness (QED) is 0.566. The second kappa shape index (κ2) is 4.84. The fourth-order valence-corrected chi connectivity index (χ4v) is 0.589. The van der Waals surface area contributed by atoms with E-state index in [-0.39, 0.29) is 0 Å². The minimum atomic E-state index is 0.495. The maximum atomic E-state index is 4.90. The first-order valence-corrected chi connectivity index (χ1v) is 3.12. The van der Waals surface area contributed by atoms with Crippen LogP contribution in [0.3, 0.4) is 0 Å². The number of hydrogen-bond donors (Lipinski definition) is 1. The van der Waals surface area contributed by atoms with Gasteiger partial charge in [-0.05, 0) is 26.1 Å². The van der Waals surface area contributed by atoms with Crippen molar-refractivity contribution in [3.8, 4) is 0 Å². The van der Waals surface area contributed by atoms with Gasteiger partial charge in [0, 0.05) is 6.54 Å². The van der Waals surface area contributed by atoms with Gasteiger partial charge in [0.15, 0.2) is 0 Å². The SMILES string of the molecule is CCNC(=S)OCC. The Balaban J connectivity index is 3.06. The molecule has 0 aromatic heterocycles. The van der Waals surface area contributed by atoms with E-state index in [1.165, 1.54) is 0 Å². The summed E-state index contributed by atoms with van der Waals surface area (Å²) in [5.74, 6) is 0. The van der Waals surface area contributed by atoms with Crippen molar-refractivity contribution in [1.82, 2.24) is 5.32 Å². The molecule has 0 unspecified atom stereocenters. The molecule has 3 heteroatoms. The molecule has 0 aromatic rings. The van der Waals surface area contributed by atoms with Crippen LogP contribution in [0, 0.1) is 0 Å². The molecule has 0 atom stereocenters. The molecular formula is C5H11NOS. The zero-order chi connectivity index (χ0) is 6.41. The van der Waals surface area contributed by atoms with Crippen molar-refractivity contribution < 1.29 is 4.74 Å². The Morgan fingerprint density at radius 1 is 1.62 bits per heavy atom. The van der Waals surface area contributed by atoms with Crippen LogP contribution in [-0.2, 0) is 4.74 Å². The van der Waals surface area contributed by atoms with E-state index in [0.717, 1.165) is 6.54 Å². The molecule has 8 heavy (non-hydrogen) atoms. The van der Waals surface area contributed by atoms with E-state index in [2.05, 4.69) is 5.32 Å². The minimum absolute atomic E-state index is 0.495. The molecule has 0 aromatic carbocycles. The van der Waals surface area contributed by atoms with Crippen LogP contribution in [0.5, 0.6) is 0 Å². The molecule has 0 bridgehead atoms. The van der Waals surface area contributed by atoms with Gasteiger partial charge in [-0.15, -0.1) is 0 Å². The number of rotatable bonds is 2. The third-order valence-corrected chi connectivity index (χ3v) is 0.859. The van der Waals surface area contributed by atoms with E-state index >= 15 is 0 Å². The zero-order valence-electron chi connectivity index (χ0n) is 5.23. The van der Waals surface area contributed by atoms with Gasteiger partial charge in [-0.3, -0.25) is 0 Å². The van der Waals surface area contributed by atoms with E-state index in [0.29, 0.717) is 11.8 Å². The Morgan fingerprint density at radius 3 is 2.62 bits per heavy atom. The Morgan fingerprint density at radius 2 is 2.25 bits per heavy atom. The molecule has 0 spiro atoms. The summed E-state index contributed by atoms with van der Waals surface area (Å²) in [6, 6.07) is 0. The molecule has 0 saturated carbocycles. The highest BCUT2D eigenvalue weighted by Gasteiger charge is 1.87. The molecule has 0 aliphatic rings. The predicted octanol–water partition coefficient (Wildman–Crippen LogP) is 0.917. The van der Waals surface area contributed by atoms with Crippen LogP contribution >= 0.6 is 12.2 Å². The largest absolute Gasteiger partial charge is 0.471 e. The molecular weight excluding hydrogens is 122 g/mol. The summed E-state index contributed by atoms with van der Waals surface area (Å²) in [4.78, 5) is 0. The minimum Gasteiger partial charge on any atom is -0.471 e. The fourth-order valence-electron chi connectivity index (χ4n) is 0.326. The number of nitrogens with one attached hydrogen (secondary N) is 1. The standard InChI is InChI=1S/C5H11NOS/c1-3-6-5(8)7-4-2/h3-4H2,1-2H3,(H,6,8). The maximum absolute atomic E-state index is 4.90. The average molecular weight is 133 g/mol. The molecule has 1 N–H and O–H groups in total. The third kappa shape index (κ3) is 3.87. The van der Waals surface area contributed by atoms with Crippen LogP contribution in [-0.4, -0.2) is 18.3 Å². The van der Waals surface area contributed by atoms with Crippen molar-refractivity contribution in [3.63, 3.8) is 0 Å². The van der Waals surface area contributed by atoms with E-state index in [9.17, 15) is 0 Å². The van der Waals surface area contributed by atoms with Crippen molar-refractivity contribution in [2.75, 3.05) is 13.2 Å². The van der Waals surface area contributed by atoms with Crippen molar-refractivity contribution in [1.29, 1.82) is 0 Å². The first kappa shape index (κ1) is 7.69. The molecule has 48 valence electrons. The van der Waals surface area contributed by atoms with Crippen molar-refractivity contribution in [2.24, 2.45) is 0 Å². The Bertz CT molecular complexity index is 66.8. The second-order valence-corrected chi connectivity index (χ2v) is 1.62. The molecule has 0 radical (unpaired) electrons. The van der Waals surface area contributed by atoms with Crippen LogP contribution in [0.1, 0.15) is 13.8 Å². The summed E-state index contributed by atoms with van der Waals surface area (Å²) in [6.45, 7) is 5.36. The molecule has 0 amide bonds. The summed E-state index contributed by atoms with van der Waals surface area (Å²) in [6.07, 6.45) is 0. The van der Waals surface area contributed by atoms with Gasteiger partial charge in [0.05, 0.1) is 6.61 Å². The lowest BCUT2D eigenvalue weighted by atomic mass is 10.8. The number of ether oxygens (including phenoxy) is 1. The summed E-state index contributed by atoms with van der Waals surface area (Å²) < 4.78 is 4.90. The highest BCUT2D eigenvalue weighted by Crippen LogP contribution is 1.74. The van der Waals surface area contributed by atoms with Gasteiger partial charge in [-0.25, -0.2) is 0 Å². The van der Waals surface area contributed by atoms with Gasteiger partial charge >= 0.3 is 0 Å². The summed E-state index contributed by atoms with van der Waals surface area (Å²) in [5.41, 5.74) is 0. The Labute approximate surface area is 55.2 Å². The topological polar surface area (TPSA) is 21.3 Å². The lowest BCUT2D eigenvalue weighted by molar-refractivity contribution is 0.321. The molecule has 0 rings (SSSR count). The average Bonchev–Trinajstić information content (AvgIpc) is 1.68. The molecule has 0 saturated heterocycles. The van der Waals surface area contributed by atoms with E-state index in [1.807, 2.05) is 13.8 Å². The van der Waals surface area contributed by atoms with Crippen LogP contribution in [0.2, 0.25) is 0 Å². The van der Waals surface area contributed by atoms with Crippen molar-refractivity contribution >= 4 is 17.4 Å². The zero-order valence-corrected chi connectivity index (χ0v) is 6.05. The van der Waals surface area contributed by atoms with Gasteiger partial charge in [0.1, 0.15) is 0 Å². The number of thiocarbonyl (C=S) groups is 1. The highest BCUT2D eigenvalue weighted by molar-refractivity contribution is 7.80. The smallest absolute Gasteiger partial charge is 0.256 e. The second-order valence-electron chi connectivity index (χ2n) is 1.25. The molecule has 0 heterocycles. The van der Waals surface area contributed by atoms with Gasteiger partial charge in [-0.1, -0.05) is 0 Å². The van der Waals surface area contributed by atoms with Crippen molar-refractivity contribution in [2.45, 2.75) is 13.8 Å². The predicted molar refractivity (Wildman–Crippen MR) is 37.9 cm³/mol. The van der Waals surface area contributed by atoms with Gasteiger partial charge in [-0.2, -0.15) is 0 Å². The molecule has 0 aliphatic carbocycles. The van der Waals surface area contributed by atoms with Crippen LogP contribution in [0.25, 0.3) is 0 Å². The van der Waals surface area contributed by atoms with Crippen LogP contribution < -0.4 is 5.32 Å².